The van der Waals surface area contributed by atoms with E-state index in [-0.39, 0.29) is 0 Å². The maximum atomic E-state index is 3.74. The first kappa shape index (κ1) is 16.0. The molecule has 0 amide bonds. The van der Waals surface area contributed by atoms with Gasteiger partial charge in [-0.2, -0.15) is 0 Å². The van der Waals surface area contributed by atoms with E-state index in [2.05, 4.69) is 58.7 Å². The summed E-state index contributed by atoms with van der Waals surface area (Å²) >= 11 is 0. The first-order valence-electron chi connectivity index (χ1n) is 7.80. The molecular formula is C16H34N2. The molecule has 1 aliphatic rings. The van der Waals surface area contributed by atoms with Crippen molar-refractivity contribution in [1.29, 1.82) is 0 Å². The normalized spacial score (nSPS) is 28.3. The SMILES string of the molecule is CC(C)C(C)CN1CC(C(C)C)NCC1C(C)C. The van der Waals surface area contributed by atoms with E-state index in [1.807, 2.05) is 0 Å². The molecule has 1 heterocycles. The molecule has 3 atom stereocenters. The van der Waals surface area contributed by atoms with Gasteiger partial charge in [0.25, 0.3) is 0 Å². The van der Waals surface area contributed by atoms with Gasteiger partial charge in [0.2, 0.25) is 0 Å². The number of rotatable bonds is 5. The van der Waals surface area contributed by atoms with Crippen molar-refractivity contribution in [2.45, 2.75) is 60.5 Å². The minimum Gasteiger partial charge on any atom is -0.311 e. The van der Waals surface area contributed by atoms with E-state index >= 15 is 0 Å². The first-order valence-corrected chi connectivity index (χ1v) is 7.80. The van der Waals surface area contributed by atoms with Gasteiger partial charge in [0.15, 0.2) is 0 Å². The van der Waals surface area contributed by atoms with Crippen LogP contribution in [-0.4, -0.2) is 36.6 Å². The molecule has 2 heteroatoms. The Labute approximate surface area is 115 Å². The molecule has 0 bridgehead atoms. The molecule has 0 radical (unpaired) electrons. The number of piperazine rings is 1. The van der Waals surface area contributed by atoms with Crippen molar-refractivity contribution in [3.63, 3.8) is 0 Å². The number of hydrogen-bond acceptors (Lipinski definition) is 2. The molecule has 1 rings (SSSR count). The molecule has 0 saturated carbocycles. The summed E-state index contributed by atoms with van der Waals surface area (Å²) in [6, 6.07) is 1.38. The molecule has 0 aromatic rings. The monoisotopic (exact) mass is 254 g/mol. The Morgan fingerprint density at radius 2 is 1.61 bits per heavy atom. The Bertz CT molecular complexity index is 233. The van der Waals surface area contributed by atoms with Gasteiger partial charge < -0.3 is 5.32 Å². The van der Waals surface area contributed by atoms with E-state index in [0.29, 0.717) is 12.1 Å². The molecule has 1 aliphatic heterocycles. The summed E-state index contributed by atoms with van der Waals surface area (Å²) in [6.45, 7) is 20.1. The fourth-order valence-corrected chi connectivity index (χ4v) is 2.75. The van der Waals surface area contributed by atoms with Gasteiger partial charge in [-0.15, -0.1) is 0 Å². The second-order valence-corrected chi connectivity index (χ2v) is 7.25. The summed E-state index contributed by atoms with van der Waals surface area (Å²) in [5, 5.41) is 3.74. The smallest absolute Gasteiger partial charge is 0.0244 e. The van der Waals surface area contributed by atoms with Gasteiger partial charge in [-0.25, -0.2) is 0 Å². The average Bonchev–Trinajstić information content (AvgIpc) is 2.28. The maximum absolute atomic E-state index is 3.74. The molecule has 1 fully saturated rings. The lowest BCUT2D eigenvalue weighted by atomic mass is 9.91. The Kier molecular flexibility index (Phi) is 6.13. The van der Waals surface area contributed by atoms with Crippen LogP contribution in [0.5, 0.6) is 0 Å². The molecular weight excluding hydrogens is 220 g/mol. The third-order valence-corrected chi connectivity index (χ3v) is 4.72. The topological polar surface area (TPSA) is 15.3 Å². The lowest BCUT2D eigenvalue weighted by Crippen LogP contribution is -2.60. The number of nitrogens with zero attached hydrogens (tertiary/aromatic N) is 1. The van der Waals surface area contributed by atoms with Crippen LogP contribution < -0.4 is 5.32 Å². The highest BCUT2D eigenvalue weighted by Crippen LogP contribution is 2.21. The van der Waals surface area contributed by atoms with Gasteiger partial charge in [-0.1, -0.05) is 48.5 Å². The maximum Gasteiger partial charge on any atom is 0.0244 e. The van der Waals surface area contributed by atoms with E-state index in [1.54, 1.807) is 0 Å². The lowest BCUT2D eigenvalue weighted by molar-refractivity contribution is 0.0653. The predicted octanol–water partition coefficient (Wildman–Crippen LogP) is 3.23. The van der Waals surface area contributed by atoms with Crippen LogP contribution in [0.25, 0.3) is 0 Å². The zero-order valence-corrected chi connectivity index (χ0v) is 13.5. The second kappa shape index (κ2) is 6.91. The van der Waals surface area contributed by atoms with Crippen LogP contribution in [0.4, 0.5) is 0 Å². The second-order valence-electron chi connectivity index (χ2n) is 7.25. The standard InChI is InChI=1S/C16H34N2/c1-11(2)14(7)9-18-10-15(12(3)4)17-8-16(18)13(5)6/h11-17H,8-10H2,1-7H3. The first-order chi connectivity index (χ1) is 8.32. The fraction of sp³-hybridized carbons (Fsp3) is 1.00. The van der Waals surface area contributed by atoms with Gasteiger partial charge in [-0.3, -0.25) is 4.90 Å². The van der Waals surface area contributed by atoms with Crippen LogP contribution >= 0.6 is 0 Å². The van der Waals surface area contributed by atoms with Gasteiger partial charge in [0.05, 0.1) is 0 Å². The van der Waals surface area contributed by atoms with Crippen LogP contribution in [-0.2, 0) is 0 Å². The van der Waals surface area contributed by atoms with Crippen molar-refractivity contribution in [3.05, 3.63) is 0 Å². The van der Waals surface area contributed by atoms with Crippen LogP contribution in [0.15, 0.2) is 0 Å². The van der Waals surface area contributed by atoms with Gasteiger partial charge in [0.1, 0.15) is 0 Å². The minimum absolute atomic E-state index is 0.666. The zero-order chi connectivity index (χ0) is 13.9. The van der Waals surface area contributed by atoms with E-state index < -0.39 is 0 Å². The predicted molar refractivity (Wildman–Crippen MR) is 80.8 cm³/mol. The highest BCUT2D eigenvalue weighted by atomic mass is 15.2. The van der Waals surface area contributed by atoms with E-state index in [4.69, 9.17) is 0 Å². The summed E-state index contributed by atoms with van der Waals surface area (Å²) in [6.07, 6.45) is 0. The van der Waals surface area contributed by atoms with E-state index in [0.717, 1.165) is 30.2 Å². The molecule has 0 aromatic heterocycles. The van der Waals surface area contributed by atoms with Gasteiger partial charge >= 0.3 is 0 Å². The molecule has 0 aromatic carbocycles. The van der Waals surface area contributed by atoms with E-state index in [1.165, 1.54) is 13.1 Å². The number of nitrogens with one attached hydrogen (secondary N) is 1. The van der Waals surface area contributed by atoms with Crippen LogP contribution in [0, 0.1) is 23.7 Å². The fourth-order valence-electron chi connectivity index (χ4n) is 2.75. The van der Waals surface area contributed by atoms with Crippen molar-refractivity contribution in [2.24, 2.45) is 23.7 Å². The molecule has 3 unspecified atom stereocenters. The van der Waals surface area contributed by atoms with Crippen molar-refractivity contribution in [3.8, 4) is 0 Å². The van der Waals surface area contributed by atoms with Crippen LogP contribution in [0.3, 0.4) is 0 Å². The van der Waals surface area contributed by atoms with Crippen molar-refractivity contribution in [2.75, 3.05) is 19.6 Å². The molecule has 1 saturated heterocycles. The van der Waals surface area contributed by atoms with E-state index in [9.17, 15) is 0 Å². The zero-order valence-electron chi connectivity index (χ0n) is 13.5. The Balaban J connectivity index is 2.66. The molecule has 18 heavy (non-hydrogen) atoms. The average molecular weight is 254 g/mol. The summed E-state index contributed by atoms with van der Waals surface area (Å²) in [5.74, 6) is 3.04. The summed E-state index contributed by atoms with van der Waals surface area (Å²) < 4.78 is 0. The largest absolute Gasteiger partial charge is 0.311 e. The van der Waals surface area contributed by atoms with Crippen molar-refractivity contribution in [1.82, 2.24) is 10.2 Å². The Morgan fingerprint density at radius 1 is 1.00 bits per heavy atom. The Hall–Kier alpha value is -0.0800. The molecule has 108 valence electrons. The van der Waals surface area contributed by atoms with Gasteiger partial charge in [-0.05, 0) is 23.7 Å². The van der Waals surface area contributed by atoms with Crippen molar-refractivity contribution < 1.29 is 0 Å². The molecule has 2 nitrogen and oxygen atoms in total. The third-order valence-electron chi connectivity index (χ3n) is 4.72. The highest BCUT2D eigenvalue weighted by molar-refractivity contribution is 4.89. The highest BCUT2D eigenvalue weighted by Gasteiger charge is 2.31. The lowest BCUT2D eigenvalue weighted by Gasteiger charge is -2.45. The van der Waals surface area contributed by atoms with Crippen LogP contribution in [0.2, 0.25) is 0 Å². The van der Waals surface area contributed by atoms with Crippen molar-refractivity contribution >= 4 is 0 Å². The van der Waals surface area contributed by atoms with Gasteiger partial charge in [0, 0.05) is 31.7 Å². The third kappa shape index (κ3) is 4.24. The molecule has 1 N–H and O–H groups in total. The minimum atomic E-state index is 0.666. The Morgan fingerprint density at radius 3 is 2.06 bits per heavy atom. The quantitative estimate of drug-likeness (QED) is 0.810. The summed E-state index contributed by atoms with van der Waals surface area (Å²) in [7, 11) is 0. The number of hydrogen-bond donors (Lipinski definition) is 1. The molecule has 0 aliphatic carbocycles. The summed E-state index contributed by atoms with van der Waals surface area (Å²) in [4.78, 5) is 2.75. The summed E-state index contributed by atoms with van der Waals surface area (Å²) in [5.41, 5.74) is 0. The molecule has 0 spiro atoms. The van der Waals surface area contributed by atoms with Crippen LogP contribution in [0.1, 0.15) is 48.5 Å².